The van der Waals surface area contributed by atoms with Crippen LogP contribution < -0.4 is 5.32 Å². The van der Waals surface area contributed by atoms with E-state index in [9.17, 15) is 0 Å². The van der Waals surface area contributed by atoms with Crippen molar-refractivity contribution >= 4 is 11.6 Å². The van der Waals surface area contributed by atoms with Gasteiger partial charge in [0, 0.05) is 35.7 Å². The summed E-state index contributed by atoms with van der Waals surface area (Å²) in [6.45, 7) is 3.76. The quantitative estimate of drug-likeness (QED) is 0.856. The summed E-state index contributed by atoms with van der Waals surface area (Å²) in [6.07, 6.45) is 0.965. The van der Waals surface area contributed by atoms with Crippen LogP contribution >= 0.6 is 11.6 Å². The molecule has 0 saturated heterocycles. The van der Waals surface area contributed by atoms with E-state index in [-0.39, 0.29) is 0 Å². The highest BCUT2D eigenvalue weighted by molar-refractivity contribution is 6.30. The van der Waals surface area contributed by atoms with Crippen LogP contribution in [-0.4, -0.2) is 16.5 Å². The fourth-order valence-electron chi connectivity index (χ4n) is 2.34. The summed E-state index contributed by atoms with van der Waals surface area (Å²) in [6, 6.07) is 7.84. The highest BCUT2D eigenvalue weighted by Crippen LogP contribution is 2.27. The van der Waals surface area contributed by atoms with Crippen molar-refractivity contribution in [3.63, 3.8) is 0 Å². The number of hydrogen-bond acceptors (Lipinski definition) is 3. The lowest BCUT2D eigenvalue weighted by Gasteiger charge is -2.19. The molecule has 0 saturated carbocycles. The molecule has 4 heteroatoms. The maximum absolute atomic E-state index is 6.06. The van der Waals surface area contributed by atoms with Crippen LogP contribution in [0.2, 0.25) is 5.02 Å². The first-order valence-corrected chi connectivity index (χ1v) is 6.45. The molecule has 18 heavy (non-hydrogen) atoms. The predicted octanol–water partition coefficient (Wildman–Crippen LogP) is 2.75. The molecule has 0 fully saturated rings. The van der Waals surface area contributed by atoms with Gasteiger partial charge in [-0.3, -0.25) is 0 Å². The Kier molecular flexibility index (Phi) is 3.02. The molecule has 0 bridgehead atoms. The molecule has 3 rings (SSSR count). The molecule has 0 amide bonds. The number of aromatic nitrogens is 2. The molecule has 92 valence electrons. The minimum absolute atomic E-state index is 0.737. The first-order chi connectivity index (χ1) is 8.74. The highest BCUT2D eigenvalue weighted by atomic mass is 35.5. The van der Waals surface area contributed by atoms with Gasteiger partial charge in [-0.05, 0) is 19.1 Å². The van der Waals surface area contributed by atoms with Crippen LogP contribution in [0.25, 0.3) is 11.3 Å². The molecule has 2 heterocycles. The van der Waals surface area contributed by atoms with E-state index in [1.54, 1.807) is 0 Å². The van der Waals surface area contributed by atoms with Gasteiger partial charge in [-0.25, -0.2) is 9.97 Å². The third kappa shape index (κ3) is 2.11. The summed E-state index contributed by atoms with van der Waals surface area (Å²) < 4.78 is 0. The van der Waals surface area contributed by atoms with E-state index in [0.717, 1.165) is 47.3 Å². The molecule has 0 radical (unpaired) electrons. The molecular weight excluding hydrogens is 246 g/mol. The summed E-state index contributed by atoms with van der Waals surface area (Å²) in [7, 11) is 0. The number of hydrogen-bond donors (Lipinski definition) is 1. The molecule has 0 unspecified atom stereocenters. The monoisotopic (exact) mass is 259 g/mol. The van der Waals surface area contributed by atoms with Gasteiger partial charge in [-0.2, -0.15) is 0 Å². The lowest BCUT2D eigenvalue weighted by atomic mass is 10.0. The van der Waals surface area contributed by atoms with Crippen molar-refractivity contribution in [2.75, 3.05) is 6.54 Å². The van der Waals surface area contributed by atoms with Crippen LogP contribution in [0.3, 0.4) is 0 Å². The normalized spacial score (nSPS) is 14.3. The van der Waals surface area contributed by atoms with E-state index in [1.165, 1.54) is 5.56 Å². The maximum atomic E-state index is 6.06. The van der Waals surface area contributed by atoms with Crippen LogP contribution in [0, 0.1) is 6.92 Å². The van der Waals surface area contributed by atoms with Crippen LogP contribution in [0.4, 0.5) is 0 Å². The van der Waals surface area contributed by atoms with Gasteiger partial charge in [-0.15, -0.1) is 0 Å². The van der Waals surface area contributed by atoms with E-state index in [0.29, 0.717) is 0 Å². The molecular formula is C14H14ClN3. The van der Waals surface area contributed by atoms with Gasteiger partial charge in [-0.1, -0.05) is 23.7 Å². The van der Waals surface area contributed by atoms with Gasteiger partial charge < -0.3 is 5.32 Å². The number of nitrogens with zero attached hydrogens (tertiary/aromatic N) is 2. The molecule has 1 aliphatic heterocycles. The molecule has 1 aromatic heterocycles. The second kappa shape index (κ2) is 4.67. The Labute approximate surface area is 111 Å². The average molecular weight is 260 g/mol. The number of nitrogens with one attached hydrogen (secondary N) is 1. The second-order valence-electron chi connectivity index (χ2n) is 4.48. The van der Waals surface area contributed by atoms with Gasteiger partial charge in [0.05, 0.1) is 11.4 Å². The predicted molar refractivity (Wildman–Crippen MR) is 72.6 cm³/mol. The number of fused-ring (bicyclic) bond motifs is 1. The van der Waals surface area contributed by atoms with Crippen molar-refractivity contribution in [2.24, 2.45) is 0 Å². The van der Waals surface area contributed by atoms with Crippen molar-refractivity contribution in [3.8, 4) is 11.3 Å². The van der Waals surface area contributed by atoms with Gasteiger partial charge >= 0.3 is 0 Å². The van der Waals surface area contributed by atoms with Gasteiger partial charge in [0.2, 0.25) is 0 Å². The smallest absolute Gasteiger partial charge is 0.126 e. The second-order valence-corrected chi connectivity index (χ2v) is 4.92. The molecule has 0 atom stereocenters. The Bertz CT molecular complexity index is 596. The Hall–Kier alpha value is -1.45. The van der Waals surface area contributed by atoms with Crippen LogP contribution in [0.5, 0.6) is 0 Å². The van der Waals surface area contributed by atoms with E-state index < -0.39 is 0 Å². The van der Waals surface area contributed by atoms with Crippen molar-refractivity contribution < 1.29 is 0 Å². The average Bonchev–Trinajstić information content (AvgIpc) is 2.37. The van der Waals surface area contributed by atoms with Crippen LogP contribution in [-0.2, 0) is 13.0 Å². The van der Waals surface area contributed by atoms with Crippen molar-refractivity contribution in [3.05, 3.63) is 46.4 Å². The van der Waals surface area contributed by atoms with Crippen molar-refractivity contribution in [1.29, 1.82) is 0 Å². The molecule has 1 N–H and O–H groups in total. The summed E-state index contributed by atoms with van der Waals surface area (Å²) in [5.74, 6) is 0.825. The van der Waals surface area contributed by atoms with E-state index in [4.69, 9.17) is 11.6 Å². The fraction of sp³-hybridized carbons (Fsp3) is 0.286. The maximum Gasteiger partial charge on any atom is 0.126 e. The Morgan fingerprint density at radius 1 is 1.28 bits per heavy atom. The summed E-state index contributed by atoms with van der Waals surface area (Å²) in [5, 5.41) is 4.11. The molecule has 2 aromatic rings. The fourth-order valence-corrected chi connectivity index (χ4v) is 2.53. The first kappa shape index (κ1) is 11.6. The summed E-state index contributed by atoms with van der Waals surface area (Å²) in [5.41, 5.74) is 4.44. The van der Waals surface area contributed by atoms with E-state index >= 15 is 0 Å². The topological polar surface area (TPSA) is 37.8 Å². The van der Waals surface area contributed by atoms with Gasteiger partial charge in [0.1, 0.15) is 5.82 Å². The van der Waals surface area contributed by atoms with E-state index in [2.05, 4.69) is 15.3 Å². The largest absolute Gasteiger partial charge is 0.312 e. The lowest BCUT2D eigenvalue weighted by molar-refractivity contribution is 0.624. The molecule has 1 aliphatic rings. The van der Waals surface area contributed by atoms with Gasteiger partial charge in [0.25, 0.3) is 0 Å². The Morgan fingerprint density at radius 3 is 3.00 bits per heavy atom. The third-order valence-corrected chi connectivity index (χ3v) is 3.38. The zero-order valence-corrected chi connectivity index (χ0v) is 11.0. The molecule has 3 nitrogen and oxygen atoms in total. The summed E-state index contributed by atoms with van der Waals surface area (Å²) >= 11 is 6.06. The zero-order chi connectivity index (χ0) is 12.5. The van der Waals surface area contributed by atoms with Gasteiger partial charge in [0.15, 0.2) is 0 Å². The minimum Gasteiger partial charge on any atom is -0.312 e. The Morgan fingerprint density at radius 2 is 2.17 bits per heavy atom. The number of rotatable bonds is 1. The van der Waals surface area contributed by atoms with Crippen LogP contribution in [0.15, 0.2) is 24.3 Å². The first-order valence-electron chi connectivity index (χ1n) is 6.07. The number of halogens is 1. The molecule has 1 aromatic carbocycles. The van der Waals surface area contributed by atoms with Crippen molar-refractivity contribution in [2.45, 2.75) is 19.9 Å². The lowest BCUT2D eigenvalue weighted by Crippen LogP contribution is -2.26. The standard InChI is InChI=1S/C14H14ClN3/c1-9-17-13-5-6-16-8-12(13)14(18-9)10-3-2-4-11(15)7-10/h2-4,7,16H,5-6,8H2,1H3. The molecule has 0 aliphatic carbocycles. The summed E-state index contributed by atoms with van der Waals surface area (Å²) in [4.78, 5) is 9.13. The number of aryl methyl sites for hydroxylation is 1. The Balaban J connectivity index is 2.19. The minimum atomic E-state index is 0.737. The van der Waals surface area contributed by atoms with Crippen molar-refractivity contribution in [1.82, 2.24) is 15.3 Å². The van der Waals surface area contributed by atoms with Crippen LogP contribution in [0.1, 0.15) is 17.1 Å². The SMILES string of the molecule is Cc1nc2c(c(-c3cccc(Cl)c3)n1)CNCC2. The third-order valence-electron chi connectivity index (χ3n) is 3.14. The number of benzene rings is 1. The van der Waals surface area contributed by atoms with E-state index in [1.807, 2.05) is 31.2 Å². The zero-order valence-electron chi connectivity index (χ0n) is 10.2. The highest BCUT2D eigenvalue weighted by Gasteiger charge is 2.17. The molecule has 0 spiro atoms.